The van der Waals surface area contributed by atoms with Crippen LogP contribution >= 0.6 is 0 Å². The van der Waals surface area contributed by atoms with E-state index in [0.29, 0.717) is 9.76 Å². The number of likely N-dealkylation sites (tertiary alicyclic amines) is 1. The number of halogens is 1. The van der Waals surface area contributed by atoms with Crippen LogP contribution in [0.4, 0.5) is 4.39 Å². The Bertz CT molecular complexity index is 938. The molecule has 1 heterocycles. The van der Waals surface area contributed by atoms with Crippen LogP contribution < -0.4 is 0 Å². The highest BCUT2D eigenvalue weighted by molar-refractivity contribution is 6.31. The second-order valence-corrected chi connectivity index (χ2v) is 14.1. The fourth-order valence-electron chi connectivity index (χ4n) is 6.30. The molecule has 0 unspecified atom stereocenters. The molecule has 0 amide bonds. The Balaban J connectivity index is 1.55. The largest absolute Gasteiger partial charge is 0.411 e. The van der Waals surface area contributed by atoms with Gasteiger partial charge >= 0.3 is 0 Å². The molecule has 2 nitrogen and oxygen atoms in total. The summed E-state index contributed by atoms with van der Waals surface area (Å²) in [5, 5.41) is 0.162. The van der Waals surface area contributed by atoms with E-state index in [2.05, 4.69) is 75.9 Å². The number of piperidine rings is 1. The quantitative estimate of drug-likeness (QED) is 0.386. The van der Waals surface area contributed by atoms with E-state index in [4.69, 9.17) is 4.43 Å². The van der Waals surface area contributed by atoms with Gasteiger partial charge in [-0.1, -0.05) is 76.1 Å². The Morgan fingerprint density at radius 2 is 1.47 bits per heavy atom. The maximum absolute atomic E-state index is 14.1. The van der Waals surface area contributed by atoms with Gasteiger partial charge in [-0.15, -0.1) is 0 Å². The molecule has 2 radical (unpaired) electrons. The fourth-order valence-corrected chi connectivity index (χ4v) is 7.06. The zero-order valence-corrected chi connectivity index (χ0v) is 22.8. The Kier molecular flexibility index (Phi) is 7.43. The van der Waals surface area contributed by atoms with Crippen LogP contribution in [0.2, 0.25) is 5.04 Å². The van der Waals surface area contributed by atoms with Crippen molar-refractivity contribution < 1.29 is 8.82 Å². The third-order valence-corrected chi connectivity index (χ3v) is 9.55. The smallest absolute Gasteiger partial charge is 0.236 e. The number of rotatable bonds is 7. The monoisotopic (exact) mass is 479 g/mol. The van der Waals surface area contributed by atoms with Gasteiger partial charge in [-0.05, 0) is 80.9 Å². The Morgan fingerprint density at radius 3 is 2.06 bits per heavy atom. The Hall–Kier alpha value is -1.49. The zero-order valence-electron chi connectivity index (χ0n) is 21.8. The lowest BCUT2D eigenvalue weighted by atomic mass is 9.63. The molecule has 0 atom stereocenters. The highest BCUT2D eigenvalue weighted by Crippen LogP contribution is 2.48. The number of benzene rings is 2. The first-order valence-electron chi connectivity index (χ1n) is 13.0. The average molecular weight is 480 g/mol. The van der Waals surface area contributed by atoms with Crippen molar-refractivity contribution in [2.75, 3.05) is 19.6 Å². The van der Waals surface area contributed by atoms with Crippen molar-refractivity contribution in [1.82, 2.24) is 4.90 Å². The molecule has 0 aromatic heterocycles. The van der Waals surface area contributed by atoms with Gasteiger partial charge in [0.1, 0.15) is 5.82 Å². The van der Waals surface area contributed by atoms with Gasteiger partial charge in [0.25, 0.3) is 0 Å². The summed E-state index contributed by atoms with van der Waals surface area (Å²) in [4.78, 5) is 2.65. The Morgan fingerprint density at radius 1 is 0.853 bits per heavy atom. The third kappa shape index (κ3) is 5.34. The minimum Gasteiger partial charge on any atom is -0.411 e. The minimum atomic E-state index is -0.250. The summed E-state index contributed by atoms with van der Waals surface area (Å²) in [6, 6.07) is 18.4. The molecule has 2 fully saturated rings. The Labute approximate surface area is 209 Å². The van der Waals surface area contributed by atoms with Gasteiger partial charge in [0.05, 0.1) is 5.60 Å². The van der Waals surface area contributed by atoms with Crippen LogP contribution in [0.5, 0.6) is 0 Å². The molecule has 184 valence electrons. The highest BCUT2D eigenvalue weighted by atomic mass is 28.2. The standard InChI is InChI=1S/C30H42FNOSi/c1-27(2,3)34-33-28(4,5)30(24-12-7-6-8-13-24)18-20-32(21-19-30)23-29(16-9-10-17-29)25-14-11-15-26(31)22-25/h6-8,11-15,22H,9-10,16-21,23H2,1-5H3. The number of hydrogen-bond donors (Lipinski definition) is 0. The third-order valence-electron chi connectivity index (χ3n) is 8.32. The van der Waals surface area contributed by atoms with Crippen LogP contribution in [0, 0.1) is 5.82 Å². The van der Waals surface area contributed by atoms with Gasteiger partial charge in [0.2, 0.25) is 9.76 Å². The van der Waals surface area contributed by atoms with Crippen LogP contribution in [-0.4, -0.2) is 39.9 Å². The van der Waals surface area contributed by atoms with Crippen molar-refractivity contribution in [1.29, 1.82) is 0 Å². The van der Waals surface area contributed by atoms with Gasteiger partial charge in [0, 0.05) is 17.4 Å². The van der Waals surface area contributed by atoms with Crippen molar-refractivity contribution in [3.05, 3.63) is 71.5 Å². The summed E-state index contributed by atoms with van der Waals surface area (Å²) in [7, 11) is 0.467. The molecule has 2 aliphatic rings. The van der Waals surface area contributed by atoms with Crippen LogP contribution in [0.3, 0.4) is 0 Å². The first-order valence-corrected chi connectivity index (χ1v) is 14.0. The summed E-state index contributed by atoms with van der Waals surface area (Å²) < 4.78 is 20.8. The van der Waals surface area contributed by atoms with Crippen molar-refractivity contribution in [3.8, 4) is 0 Å². The fraction of sp³-hybridized carbons (Fsp3) is 0.600. The summed E-state index contributed by atoms with van der Waals surface area (Å²) in [6.07, 6.45) is 6.98. The van der Waals surface area contributed by atoms with E-state index in [1.807, 2.05) is 6.07 Å². The van der Waals surface area contributed by atoms with Gasteiger partial charge in [-0.3, -0.25) is 0 Å². The van der Waals surface area contributed by atoms with E-state index >= 15 is 0 Å². The van der Waals surface area contributed by atoms with Crippen LogP contribution in [0.1, 0.15) is 84.3 Å². The summed E-state index contributed by atoms with van der Waals surface area (Å²) in [6.45, 7) is 14.5. The first-order chi connectivity index (χ1) is 16.1. The summed E-state index contributed by atoms with van der Waals surface area (Å²) in [5.41, 5.74) is 2.43. The van der Waals surface area contributed by atoms with Crippen LogP contribution in [0.15, 0.2) is 54.6 Å². The van der Waals surface area contributed by atoms with Crippen molar-refractivity contribution in [2.45, 2.75) is 94.6 Å². The predicted molar refractivity (Wildman–Crippen MR) is 141 cm³/mol. The molecule has 0 N–H and O–H groups in total. The van der Waals surface area contributed by atoms with Crippen LogP contribution in [-0.2, 0) is 15.3 Å². The molecular formula is C30H42FNOSi. The zero-order chi connectivity index (χ0) is 24.5. The van der Waals surface area contributed by atoms with E-state index in [-0.39, 0.29) is 27.3 Å². The lowest BCUT2D eigenvalue weighted by molar-refractivity contribution is -0.0227. The average Bonchev–Trinajstić information content (AvgIpc) is 3.28. The second-order valence-electron chi connectivity index (χ2n) is 12.2. The molecule has 4 heteroatoms. The summed E-state index contributed by atoms with van der Waals surface area (Å²) >= 11 is 0. The van der Waals surface area contributed by atoms with Crippen molar-refractivity contribution in [2.24, 2.45) is 0 Å². The molecule has 1 saturated heterocycles. The molecule has 4 rings (SSSR count). The lowest BCUT2D eigenvalue weighted by Gasteiger charge is -2.53. The molecule has 2 aromatic carbocycles. The van der Waals surface area contributed by atoms with Crippen molar-refractivity contribution >= 4 is 9.76 Å². The maximum Gasteiger partial charge on any atom is 0.236 e. The first kappa shape index (κ1) is 25.6. The topological polar surface area (TPSA) is 12.5 Å². The summed E-state index contributed by atoms with van der Waals surface area (Å²) in [5.74, 6) is -0.107. The SMILES string of the molecule is CC(C)(C)[Si]OC(C)(C)C1(c2ccccc2)CCN(CC2(c3cccc(F)c3)CCCC2)CC1. The maximum atomic E-state index is 14.1. The second kappa shape index (κ2) is 9.87. The highest BCUT2D eigenvalue weighted by Gasteiger charge is 2.50. The van der Waals surface area contributed by atoms with E-state index in [9.17, 15) is 4.39 Å². The number of nitrogens with zero attached hydrogens (tertiary/aromatic N) is 1. The normalized spacial score (nSPS) is 21.0. The minimum absolute atomic E-state index is 0.00922. The molecule has 1 aliphatic carbocycles. The predicted octanol–water partition coefficient (Wildman–Crippen LogP) is 7.30. The van der Waals surface area contributed by atoms with Gasteiger partial charge in [0.15, 0.2) is 0 Å². The van der Waals surface area contributed by atoms with Crippen molar-refractivity contribution in [3.63, 3.8) is 0 Å². The van der Waals surface area contributed by atoms with Gasteiger partial charge in [-0.2, -0.15) is 0 Å². The van der Waals surface area contributed by atoms with E-state index < -0.39 is 0 Å². The molecule has 1 aliphatic heterocycles. The van der Waals surface area contributed by atoms with E-state index in [0.717, 1.165) is 45.3 Å². The molecule has 0 spiro atoms. The molecule has 0 bridgehead atoms. The molecule has 1 saturated carbocycles. The molecular weight excluding hydrogens is 437 g/mol. The number of hydrogen-bond acceptors (Lipinski definition) is 2. The van der Waals surface area contributed by atoms with E-state index in [1.54, 1.807) is 12.1 Å². The van der Waals surface area contributed by atoms with Gasteiger partial charge in [-0.25, -0.2) is 4.39 Å². The van der Waals surface area contributed by atoms with Gasteiger partial charge < -0.3 is 9.33 Å². The van der Waals surface area contributed by atoms with Crippen LogP contribution in [0.25, 0.3) is 0 Å². The van der Waals surface area contributed by atoms with E-state index in [1.165, 1.54) is 24.0 Å². The molecule has 34 heavy (non-hydrogen) atoms. The lowest BCUT2D eigenvalue weighted by Crippen LogP contribution is -2.57. The molecule has 2 aromatic rings.